The Morgan fingerprint density at radius 1 is 1.08 bits per heavy atom. The van der Waals surface area contributed by atoms with Gasteiger partial charge < -0.3 is 11.1 Å². The molecule has 0 bridgehead atoms. The molecular weight excluding hydrogens is 331 g/mol. The molecule has 0 unspecified atom stereocenters. The van der Waals surface area contributed by atoms with Gasteiger partial charge in [0.05, 0.1) is 11.0 Å². The van der Waals surface area contributed by atoms with Crippen LogP contribution in [0.5, 0.6) is 0 Å². The van der Waals surface area contributed by atoms with Crippen LogP contribution in [0.15, 0.2) is 42.5 Å². The molecule has 0 aromatic heterocycles. The predicted molar refractivity (Wildman–Crippen MR) is 99.6 cm³/mol. The number of halogens is 1. The Bertz CT molecular complexity index is 863. The van der Waals surface area contributed by atoms with Gasteiger partial charge in [0, 0.05) is 5.69 Å². The van der Waals surface area contributed by atoms with E-state index in [1.54, 1.807) is 0 Å². The summed E-state index contributed by atoms with van der Waals surface area (Å²) in [5.41, 5.74) is 6.97. The number of amides is 2. The van der Waals surface area contributed by atoms with E-state index in [-0.39, 0.29) is 16.9 Å². The fourth-order valence-electron chi connectivity index (χ4n) is 3.10. The number of nitrogens with two attached hydrogens (primary N) is 1. The van der Waals surface area contributed by atoms with Gasteiger partial charge in [-0.25, -0.2) is 4.39 Å². The number of primary amides is 1. The highest BCUT2D eigenvalue weighted by atomic mass is 19.1. The monoisotopic (exact) mass is 354 g/mol. The number of hydrogen-bond acceptors (Lipinski definition) is 2. The first-order valence-corrected chi connectivity index (χ1v) is 8.65. The number of benzene rings is 2. The SMILES string of the molecule is CC(C)(C)c1ccc(C2(C(=O)Nc3ccc(F)c(C(N)=O)c3)CC2)cc1. The molecule has 1 aliphatic carbocycles. The lowest BCUT2D eigenvalue weighted by molar-refractivity contribution is -0.118. The van der Waals surface area contributed by atoms with Crippen molar-refractivity contribution in [3.8, 4) is 0 Å². The molecule has 0 heterocycles. The fraction of sp³-hybridized carbons (Fsp3) is 0.333. The van der Waals surface area contributed by atoms with Crippen molar-refractivity contribution in [2.45, 2.75) is 44.4 Å². The van der Waals surface area contributed by atoms with E-state index in [0.29, 0.717) is 5.69 Å². The third kappa shape index (κ3) is 3.34. The standard InChI is InChI=1S/C21H23FN2O2/c1-20(2,3)13-4-6-14(7-5-13)21(10-11-21)19(26)24-15-8-9-17(22)16(12-15)18(23)25/h4-9,12H,10-11H2,1-3H3,(H2,23,25)(H,24,26). The average molecular weight is 354 g/mol. The molecule has 0 atom stereocenters. The van der Waals surface area contributed by atoms with E-state index in [4.69, 9.17) is 5.73 Å². The molecule has 3 rings (SSSR count). The predicted octanol–water partition coefficient (Wildman–Crippen LogP) is 3.89. The van der Waals surface area contributed by atoms with Crippen molar-refractivity contribution in [1.82, 2.24) is 0 Å². The van der Waals surface area contributed by atoms with Crippen LogP contribution in [0.25, 0.3) is 0 Å². The summed E-state index contributed by atoms with van der Waals surface area (Å²) in [5, 5.41) is 2.80. The van der Waals surface area contributed by atoms with Crippen molar-refractivity contribution in [3.63, 3.8) is 0 Å². The van der Waals surface area contributed by atoms with Gasteiger partial charge in [0.2, 0.25) is 5.91 Å². The first-order valence-electron chi connectivity index (χ1n) is 8.65. The molecule has 1 saturated carbocycles. The van der Waals surface area contributed by atoms with Gasteiger partial charge in [0.1, 0.15) is 5.82 Å². The highest BCUT2D eigenvalue weighted by molar-refractivity contribution is 6.02. The van der Waals surface area contributed by atoms with Gasteiger partial charge in [-0.3, -0.25) is 9.59 Å². The van der Waals surface area contributed by atoms with Crippen LogP contribution in [-0.2, 0) is 15.6 Å². The number of hydrogen-bond donors (Lipinski definition) is 2. The van der Waals surface area contributed by atoms with Crippen LogP contribution in [-0.4, -0.2) is 11.8 Å². The summed E-state index contributed by atoms with van der Waals surface area (Å²) in [6.45, 7) is 6.44. The Morgan fingerprint density at radius 3 is 2.19 bits per heavy atom. The fourth-order valence-corrected chi connectivity index (χ4v) is 3.10. The number of rotatable bonds is 4. The maximum Gasteiger partial charge on any atom is 0.251 e. The van der Waals surface area contributed by atoms with E-state index < -0.39 is 17.1 Å². The summed E-state index contributed by atoms with van der Waals surface area (Å²) in [6.07, 6.45) is 1.52. The van der Waals surface area contributed by atoms with Gasteiger partial charge in [-0.05, 0) is 47.6 Å². The summed E-state index contributed by atoms with van der Waals surface area (Å²) >= 11 is 0. The van der Waals surface area contributed by atoms with Gasteiger partial charge in [-0.1, -0.05) is 45.0 Å². The second kappa shape index (κ2) is 6.24. The Morgan fingerprint density at radius 2 is 1.69 bits per heavy atom. The van der Waals surface area contributed by atoms with E-state index >= 15 is 0 Å². The number of carbonyl (C=O) groups excluding carboxylic acids is 2. The highest BCUT2D eigenvalue weighted by Gasteiger charge is 2.51. The number of carbonyl (C=O) groups is 2. The van der Waals surface area contributed by atoms with Crippen LogP contribution in [0.4, 0.5) is 10.1 Å². The molecule has 1 aliphatic rings. The highest BCUT2D eigenvalue weighted by Crippen LogP contribution is 2.49. The molecule has 4 nitrogen and oxygen atoms in total. The molecule has 2 aromatic rings. The van der Waals surface area contributed by atoms with Crippen LogP contribution >= 0.6 is 0 Å². The number of nitrogens with one attached hydrogen (secondary N) is 1. The molecule has 0 aliphatic heterocycles. The molecule has 3 N–H and O–H groups in total. The van der Waals surface area contributed by atoms with Crippen LogP contribution in [0.1, 0.15) is 55.1 Å². The van der Waals surface area contributed by atoms with Crippen molar-refractivity contribution in [2.75, 3.05) is 5.32 Å². The zero-order chi connectivity index (χ0) is 19.1. The van der Waals surface area contributed by atoms with Gasteiger partial charge in [-0.2, -0.15) is 0 Å². The van der Waals surface area contributed by atoms with E-state index in [2.05, 4.69) is 38.2 Å². The summed E-state index contributed by atoms with van der Waals surface area (Å²) in [6, 6.07) is 12.0. The molecule has 2 amide bonds. The molecule has 0 saturated heterocycles. The van der Waals surface area contributed by atoms with Crippen molar-refractivity contribution in [2.24, 2.45) is 5.73 Å². The largest absolute Gasteiger partial charge is 0.366 e. The van der Waals surface area contributed by atoms with Crippen LogP contribution in [0, 0.1) is 5.82 Å². The van der Waals surface area contributed by atoms with E-state index in [0.717, 1.165) is 24.5 Å². The minimum atomic E-state index is -0.863. The third-order valence-electron chi connectivity index (χ3n) is 4.98. The molecule has 2 aromatic carbocycles. The lowest BCUT2D eigenvalue weighted by atomic mass is 9.85. The summed E-state index contributed by atoms with van der Waals surface area (Å²) in [4.78, 5) is 24.1. The van der Waals surface area contributed by atoms with E-state index in [1.165, 1.54) is 17.7 Å². The summed E-state index contributed by atoms with van der Waals surface area (Å²) < 4.78 is 13.6. The second-order valence-electron chi connectivity index (χ2n) is 7.92. The van der Waals surface area contributed by atoms with Crippen molar-refractivity contribution < 1.29 is 14.0 Å². The zero-order valence-electron chi connectivity index (χ0n) is 15.2. The third-order valence-corrected chi connectivity index (χ3v) is 4.98. The van der Waals surface area contributed by atoms with Gasteiger partial charge in [-0.15, -0.1) is 0 Å². The van der Waals surface area contributed by atoms with Crippen molar-refractivity contribution >= 4 is 17.5 Å². The molecule has 136 valence electrons. The Kier molecular flexibility index (Phi) is 4.34. The smallest absolute Gasteiger partial charge is 0.251 e. The first kappa shape index (κ1) is 18.1. The molecule has 26 heavy (non-hydrogen) atoms. The first-order chi connectivity index (χ1) is 12.1. The average Bonchev–Trinajstić information content (AvgIpc) is 3.37. The lowest BCUT2D eigenvalue weighted by Crippen LogP contribution is -2.28. The Hall–Kier alpha value is -2.69. The summed E-state index contributed by atoms with van der Waals surface area (Å²) in [7, 11) is 0. The topological polar surface area (TPSA) is 72.2 Å². The molecule has 0 radical (unpaired) electrons. The van der Waals surface area contributed by atoms with E-state index in [1.807, 2.05) is 12.1 Å². The maximum atomic E-state index is 13.6. The van der Waals surface area contributed by atoms with Crippen LogP contribution in [0.3, 0.4) is 0 Å². The molecule has 5 heteroatoms. The minimum absolute atomic E-state index is 0.0524. The van der Waals surface area contributed by atoms with Crippen molar-refractivity contribution in [1.29, 1.82) is 0 Å². The molecule has 1 fully saturated rings. The minimum Gasteiger partial charge on any atom is -0.366 e. The Labute approximate surface area is 152 Å². The summed E-state index contributed by atoms with van der Waals surface area (Å²) in [5.74, 6) is -1.71. The quantitative estimate of drug-likeness (QED) is 0.874. The molecular formula is C21H23FN2O2. The van der Waals surface area contributed by atoms with Gasteiger partial charge >= 0.3 is 0 Å². The lowest BCUT2D eigenvalue weighted by Gasteiger charge is -2.21. The molecule has 0 spiro atoms. The maximum absolute atomic E-state index is 13.6. The zero-order valence-corrected chi connectivity index (χ0v) is 15.2. The normalized spacial score (nSPS) is 15.4. The van der Waals surface area contributed by atoms with Crippen LogP contribution < -0.4 is 11.1 Å². The number of anilines is 1. The van der Waals surface area contributed by atoms with Gasteiger partial charge in [0.25, 0.3) is 5.91 Å². The van der Waals surface area contributed by atoms with Gasteiger partial charge in [0.15, 0.2) is 0 Å². The van der Waals surface area contributed by atoms with Crippen LogP contribution in [0.2, 0.25) is 0 Å². The Balaban J connectivity index is 1.82. The second-order valence-corrected chi connectivity index (χ2v) is 7.92. The van der Waals surface area contributed by atoms with Crippen molar-refractivity contribution in [3.05, 3.63) is 65.0 Å². The van der Waals surface area contributed by atoms with E-state index in [9.17, 15) is 14.0 Å².